The molecular weight excluding hydrogens is 392 g/mol. The number of ether oxygens (including phenoxy) is 2. The van der Waals surface area contributed by atoms with Gasteiger partial charge in [-0.15, -0.1) is 0 Å². The maximum absolute atomic E-state index is 12.6. The fourth-order valence-corrected chi connectivity index (χ4v) is 3.48. The zero-order valence-electron chi connectivity index (χ0n) is 17.3. The molecule has 0 spiro atoms. The standard InChI is InChI=1S/C21H26N2O7/c1-21(2,3)29-20(27)22-16(13-8-10-28-11-9-13)12-17(24)30-23-18(25)14-6-4-5-7-15(14)19(23)26/h4-7,13,16H,8-12H2,1-3H3,(H,22,27). The van der Waals surface area contributed by atoms with Crippen molar-refractivity contribution >= 4 is 23.9 Å². The van der Waals surface area contributed by atoms with E-state index in [2.05, 4.69) is 5.32 Å². The van der Waals surface area contributed by atoms with Gasteiger partial charge in [0.2, 0.25) is 0 Å². The summed E-state index contributed by atoms with van der Waals surface area (Å²) < 4.78 is 10.7. The molecule has 3 rings (SSSR count). The van der Waals surface area contributed by atoms with Crippen molar-refractivity contribution in [2.45, 2.75) is 51.7 Å². The van der Waals surface area contributed by atoms with Crippen molar-refractivity contribution in [2.24, 2.45) is 5.92 Å². The zero-order chi connectivity index (χ0) is 21.9. The number of rotatable bonds is 5. The van der Waals surface area contributed by atoms with Crippen LogP contribution in [-0.2, 0) is 19.1 Å². The number of fused-ring (bicyclic) bond motifs is 1. The van der Waals surface area contributed by atoms with Crippen molar-refractivity contribution in [2.75, 3.05) is 13.2 Å². The quantitative estimate of drug-likeness (QED) is 0.731. The molecule has 0 saturated carbocycles. The number of carbonyl (C=O) groups excluding carboxylic acids is 4. The molecule has 0 aliphatic carbocycles. The second kappa shape index (κ2) is 8.83. The van der Waals surface area contributed by atoms with Crippen LogP contribution >= 0.6 is 0 Å². The molecular formula is C21H26N2O7. The number of carbonyl (C=O) groups is 4. The van der Waals surface area contributed by atoms with Gasteiger partial charge in [-0.05, 0) is 51.7 Å². The largest absolute Gasteiger partial charge is 0.444 e. The molecule has 9 nitrogen and oxygen atoms in total. The summed E-state index contributed by atoms with van der Waals surface area (Å²) in [7, 11) is 0. The van der Waals surface area contributed by atoms with E-state index in [1.807, 2.05) is 0 Å². The molecule has 1 unspecified atom stereocenters. The van der Waals surface area contributed by atoms with Gasteiger partial charge < -0.3 is 19.6 Å². The van der Waals surface area contributed by atoms with Gasteiger partial charge in [0, 0.05) is 19.3 Å². The molecule has 0 bridgehead atoms. The number of imide groups is 1. The number of hydroxylamine groups is 2. The lowest BCUT2D eigenvalue weighted by Gasteiger charge is -2.31. The number of hydrogen-bond donors (Lipinski definition) is 1. The van der Waals surface area contributed by atoms with Crippen LogP contribution in [0, 0.1) is 5.92 Å². The number of benzene rings is 1. The van der Waals surface area contributed by atoms with E-state index in [-0.39, 0.29) is 23.5 Å². The Morgan fingerprint density at radius 3 is 2.23 bits per heavy atom. The molecule has 3 amide bonds. The van der Waals surface area contributed by atoms with Crippen molar-refractivity contribution < 1.29 is 33.5 Å². The van der Waals surface area contributed by atoms with Gasteiger partial charge in [0.05, 0.1) is 17.5 Å². The van der Waals surface area contributed by atoms with E-state index in [0.717, 1.165) is 0 Å². The minimum Gasteiger partial charge on any atom is -0.444 e. The number of nitrogens with zero attached hydrogens (tertiary/aromatic N) is 1. The van der Waals surface area contributed by atoms with Gasteiger partial charge in [-0.25, -0.2) is 9.59 Å². The van der Waals surface area contributed by atoms with Crippen molar-refractivity contribution in [1.29, 1.82) is 0 Å². The Morgan fingerprint density at radius 1 is 1.13 bits per heavy atom. The van der Waals surface area contributed by atoms with Gasteiger partial charge in [-0.2, -0.15) is 0 Å². The van der Waals surface area contributed by atoms with Crippen LogP contribution in [0.5, 0.6) is 0 Å². The second-order valence-electron chi connectivity index (χ2n) is 8.32. The normalized spacial score (nSPS) is 18.0. The van der Waals surface area contributed by atoms with Crippen molar-refractivity contribution in [3.05, 3.63) is 35.4 Å². The molecule has 1 saturated heterocycles. The van der Waals surface area contributed by atoms with Crippen LogP contribution in [0.25, 0.3) is 0 Å². The average Bonchev–Trinajstić information content (AvgIpc) is 2.92. The van der Waals surface area contributed by atoms with Crippen molar-refractivity contribution in [1.82, 2.24) is 10.4 Å². The predicted octanol–water partition coefficient (Wildman–Crippen LogP) is 2.45. The zero-order valence-corrected chi connectivity index (χ0v) is 17.3. The van der Waals surface area contributed by atoms with E-state index in [1.165, 1.54) is 12.1 Å². The maximum Gasteiger partial charge on any atom is 0.407 e. The highest BCUT2D eigenvalue weighted by Gasteiger charge is 2.39. The van der Waals surface area contributed by atoms with Crippen LogP contribution in [0.4, 0.5) is 4.79 Å². The lowest BCUT2D eigenvalue weighted by Crippen LogP contribution is -2.46. The van der Waals surface area contributed by atoms with Gasteiger partial charge in [0.1, 0.15) is 5.60 Å². The molecule has 1 aromatic carbocycles. The summed E-state index contributed by atoms with van der Waals surface area (Å²) in [4.78, 5) is 54.7. The first kappa shape index (κ1) is 21.8. The summed E-state index contributed by atoms with van der Waals surface area (Å²) in [5.41, 5.74) is -0.323. The maximum atomic E-state index is 12.6. The summed E-state index contributed by atoms with van der Waals surface area (Å²) in [6.07, 6.45) is 0.450. The van der Waals surface area contributed by atoms with E-state index in [9.17, 15) is 19.2 Å². The van der Waals surface area contributed by atoms with Gasteiger partial charge in [-0.3, -0.25) is 9.59 Å². The first-order valence-electron chi connectivity index (χ1n) is 9.91. The van der Waals surface area contributed by atoms with Crippen LogP contribution in [-0.4, -0.2) is 53.8 Å². The van der Waals surface area contributed by atoms with Crippen LogP contribution in [0.3, 0.4) is 0 Å². The third-order valence-corrected chi connectivity index (χ3v) is 4.87. The summed E-state index contributed by atoms with van der Waals surface area (Å²) >= 11 is 0. The highest BCUT2D eigenvalue weighted by molar-refractivity contribution is 6.20. The number of hydrogen-bond acceptors (Lipinski definition) is 7. The number of nitrogens with one attached hydrogen (secondary N) is 1. The predicted molar refractivity (Wildman–Crippen MR) is 104 cm³/mol. The van der Waals surface area contributed by atoms with E-state index in [4.69, 9.17) is 14.3 Å². The highest BCUT2D eigenvalue weighted by atomic mass is 16.7. The van der Waals surface area contributed by atoms with Crippen LogP contribution in [0.2, 0.25) is 0 Å². The van der Waals surface area contributed by atoms with Crippen LogP contribution in [0.1, 0.15) is 60.7 Å². The fourth-order valence-electron chi connectivity index (χ4n) is 3.48. The lowest BCUT2D eigenvalue weighted by atomic mass is 9.90. The molecule has 9 heteroatoms. The molecule has 1 N–H and O–H groups in total. The fraction of sp³-hybridized carbons (Fsp3) is 0.524. The van der Waals surface area contributed by atoms with E-state index >= 15 is 0 Å². The first-order valence-corrected chi connectivity index (χ1v) is 9.91. The van der Waals surface area contributed by atoms with Crippen LogP contribution in [0.15, 0.2) is 24.3 Å². The smallest absolute Gasteiger partial charge is 0.407 e. The SMILES string of the molecule is CC(C)(C)OC(=O)NC(CC(=O)ON1C(=O)c2ccccc2C1=O)C1CCOCC1. The average molecular weight is 418 g/mol. The first-order chi connectivity index (χ1) is 14.2. The molecule has 1 aromatic rings. The third kappa shape index (κ3) is 5.15. The Hall–Kier alpha value is -2.94. The molecule has 2 aliphatic rings. The molecule has 162 valence electrons. The van der Waals surface area contributed by atoms with E-state index in [1.54, 1.807) is 32.9 Å². The topological polar surface area (TPSA) is 111 Å². The molecule has 2 aliphatic heterocycles. The molecule has 1 atom stereocenters. The summed E-state index contributed by atoms with van der Waals surface area (Å²) in [5.74, 6) is -2.20. The van der Waals surface area contributed by atoms with Crippen molar-refractivity contribution in [3.63, 3.8) is 0 Å². The highest BCUT2D eigenvalue weighted by Crippen LogP contribution is 2.25. The van der Waals surface area contributed by atoms with Gasteiger partial charge in [0.25, 0.3) is 11.8 Å². The summed E-state index contributed by atoms with van der Waals surface area (Å²) in [5, 5.41) is 3.21. The van der Waals surface area contributed by atoms with E-state index < -0.39 is 35.5 Å². The van der Waals surface area contributed by atoms with Gasteiger partial charge >= 0.3 is 12.1 Å². The molecule has 30 heavy (non-hydrogen) atoms. The third-order valence-electron chi connectivity index (χ3n) is 4.87. The van der Waals surface area contributed by atoms with Gasteiger partial charge in [-0.1, -0.05) is 17.2 Å². The summed E-state index contributed by atoms with van der Waals surface area (Å²) in [6, 6.07) is 5.67. The Bertz CT molecular complexity index is 805. The summed E-state index contributed by atoms with van der Waals surface area (Å²) in [6.45, 7) is 6.26. The lowest BCUT2D eigenvalue weighted by molar-refractivity contribution is -0.169. The molecule has 1 fully saturated rings. The monoisotopic (exact) mass is 418 g/mol. The minimum atomic E-state index is -0.794. The Balaban J connectivity index is 1.66. The number of alkyl carbamates (subject to hydrolysis) is 1. The Labute approximate surface area is 174 Å². The van der Waals surface area contributed by atoms with Crippen LogP contribution < -0.4 is 5.32 Å². The second-order valence-corrected chi connectivity index (χ2v) is 8.32. The van der Waals surface area contributed by atoms with Gasteiger partial charge in [0.15, 0.2) is 0 Å². The van der Waals surface area contributed by atoms with E-state index in [0.29, 0.717) is 31.1 Å². The Morgan fingerprint density at radius 2 is 1.70 bits per heavy atom. The number of amides is 3. The molecule has 2 heterocycles. The Kier molecular flexibility index (Phi) is 6.40. The van der Waals surface area contributed by atoms with Crippen molar-refractivity contribution in [3.8, 4) is 0 Å². The molecule has 0 radical (unpaired) electrons. The minimum absolute atomic E-state index is 0.0269. The molecule has 0 aromatic heterocycles.